The Morgan fingerprint density at radius 3 is 2.44 bits per heavy atom. The molecule has 0 radical (unpaired) electrons. The lowest BCUT2D eigenvalue weighted by Crippen LogP contribution is -2.61. The van der Waals surface area contributed by atoms with Gasteiger partial charge in [-0.25, -0.2) is 0 Å². The van der Waals surface area contributed by atoms with Crippen LogP contribution in [0.2, 0.25) is 0 Å². The minimum Gasteiger partial charge on any atom is -0.389 e. The van der Waals surface area contributed by atoms with E-state index in [0.717, 1.165) is 17.0 Å². The Morgan fingerprint density at radius 2 is 1.84 bits per heavy atom. The van der Waals surface area contributed by atoms with Gasteiger partial charge in [0.2, 0.25) is 5.91 Å². The number of hydrogen-bond donors (Lipinski definition) is 2. The molecule has 1 aromatic heterocycles. The zero-order chi connectivity index (χ0) is 18.1. The Labute approximate surface area is 148 Å². The van der Waals surface area contributed by atoms with Gasteiger partial charge in [0.1, 0.15) is 12.6 Å². The van der Waals surface area contributed by atoms with Crippen molar-refractivity contribution in [1.82, 2.24) is 19.6 Å². The second-order valence-electron chi connectivity index (χ2n) is 7.03. The maximum Gasteiger partial charge on any atom is 0.244 e. The smallest absolute Gasteiger partial charge is 0.244 e. The van der Waals surface area contributed by atoms with Gasteiger partial charge in [0.15, 0.2) is 0 Å². The van der Waals surface area contributed by atoms with E-state index in [-0.39, 0.29) is 25.1 Å². The maximum atomic E-state index is 12.6. The SMILES string of the molecule is Cc1nn(CC(=O)N2CCN([C@@H]3COC[C@@H](O)[C@H]3O)CC2)c(C)c1C. The molecule has 1 amide bonds. The number of amides is 1. The van der Waals surface area contributed by atoms with Crippen molar-refractivity contribution in [3.63, 3.8) is 0 Å². The molecule has 2 N–H and O–H groups in total. The maximum absolute atomic E-state index is 12.6. The summed E-state index contributed by atoms with van der Waals surface area (Å²) in [6.07, 6.45) is -1.64. The zero-order valence-electron chi connectivity index (χ0n) is 15.2. The molecule has 140 valence electrons. The third kappa shape index (κ3) is 3.72. The molecule has 0 aromatic carbocycles. The Bertz CT molecular complexity index is 624. The van der Waals surface area contributed by atoms with E-state index >= 15 is 0 Å². The van der Waals surface area contributed by atoms with Crippen molar-refractivity contribution in [2.24, 2.45) is 0 Å². The van der Waals surface area contributed by atoms with Crippen molar-refractivity contribution < 1.29 is 19.7 Å². The van der Waals surface area contributed by atoms with E-state index < -0.39 is 12.2 Å². The first-order valence-corrected chi connectivity index (χ1v) is 8.84. The molecule has 8 nitrogen and oxygen atoms in total. The van der Waals surface area contributed by atoms with Crippen LogP contribution in [-0.4, -0.2) is 93.3 Å². The molecule has 0 spiro atoms. The van der Waals surface area contributed by atoms with E-state index in [1.165, 1.54) is 0 Å². The second-order valence-corrected chi connectivity index (χ2v) is 7.03. The number of hydrogen-bond acceptors (Lipinski definition) is 6. The van der Waals surface area contributed by atoms with Crippen molar-refractivity contribution in [2.45, 2.75) is 45.6 Å². The van der Waals surface area contributed by atoms with Gasteiger partial charge in [-0.05, 0) is 26.3 Å². The number of aromatic nitrogens is 2. The number of carbonyl (C=O) groups excluding carboxylic acids is 1. The molecular weight excluding hydrogens is 324 g/mol. The fourth-order valence-corrected chi connectivity index (χ4v) is 3.56. The van der Waals surface area contributed by atoms with Gasteiger partial charge in [-0.15, -0.1) is 0 Å². The van der Waals surface area contributed by atoms with Crippen LogP contribution in [0.5, 0.6) is 0 Å². The number of nitrogens with zero attached hydrogens (tertiary/aromatic N) is 4. The van der Waals surface area contributed by atoms with Crippen LogP contribution in [0.25, 0.3) is 0 Å². The third-order valence-electron chi connectivity index (χ3n) is 5.53. The van der Waals surface area contributed by atoms with E-state index in [0.29, 0.717) is 32.8 Å². The average molecular weight is 352 g/mol. The number of carbonyl (C=O) groups is 1. The average Bonchev–Trinajstić information content (AvgIpc) is 2.84. The highest BCUT2D eigenvalue weighted by molar-refractivity contribution is 5.76. The largest absolute Gasteiger partial charge is 0.389 e. The summed E-state index contributed by atoms with van der Waals surface area (Å²) in [5, 5.41) is 24.3. The van der Waals surface area contributed by atoms with Gasteiger partial charge in [-0.2, -0.15) is 5.10 Å². The van der Waals surface area contributed by atoms with Crippen LogP contribution in [0, 0.1) is 20.8 Å². The summed E-state index contributed by atoms with van der Waals surface area (Å²) in [4.78, 5) is 16.5. The highest BCUT2D eigenvalue weighted by Gasteiger charge is 2.37. The van der Waals surface area contributed by atoms with Crippen molar-refractivity contribution in [3.05, 3.63) is 17.0 Å². The number of aliphatic hydroxyl groups is 2. The molecule has 3 rings (SSSR count). The molecule has 1 aromatic rings. The molecule has 2 aliphatic heterocycles. The highest BCUT2D eigenvalue weighted by atomic mass is 16.5. The number of rotatable bonds is 3. The van der Waals surface area contributed by atoms with Crippen molar-refractivity contribution in [2.75, 3.05) is 39.4 Å². The Kier molecular flexibility index (Phi) is 5.43. The Morgan fingerprint density at radius 1 is 1.16 bits per heavy atom. The first kappa shape index (κ1) is 18.3. The van der Waals surface area contributed by atoms with Crippen LogP contribution < -0.4 is 0 Å². The minimum absolute atomic E-state index is 0.0609. The molecule has 0 unspecified atom stereocenters. The first-order valence-electron chi connectivity index (χ1n) is 8.84. The minimum atomic E-state index is -0.840. The third-order valence-corrected chi connectivity index (χ3v) is 5.53. The van der Waals surface area contributed by atoms with Crippen LogP contribution in [0.15, 0.2) is 0 Å². The summed E-state index contributed by atoms with van der Waals surface area (Å²) in [6, 6.07) is -0.209. The summed E-state index contributed by atoms with van der Waals surface area (Å²) in [5.41, 5.74) is 3.11. The number of piperazine rings is 1. The van der Waals surface area contributed by atoms with Gasteiger partial charge >= 0.3 is 0 Å². The molecular formula is C17H28N4O4. The predicted octanol–water partition coefficient (Wildman–Crippen LogP) is -0.927. The van der Waals surface area contributed by atoms with Crippen molar-refractivity contribution in [3.8, 4) is 0 Å². The fraction of sp³-hybridized carbons (Fsp3) is 0.765. The van der Waals surface area contributed by atoms with Crippen LogP contribution >= 0.6 is 0 Å². The van der Waals surface area contributed by atoms with E-state index in [4.69, 9.17) is 4.74 Å². The Balaban J connectivity index is 1.55. The standard InChI is InChI=1S/C17H28N4O4/c1-11-12(2)18-21(13(11)3)8-16(23)20-6-4-19(5-7-20)14-9-25-10-15(22)17(14)24/h14-15,17,22,24H,4-10H2,1-3H3/t14-,15-,17+/m1/s1. The van der Waals surface area contributed by atoms with E-state index in [1.807, 2.05) is 25.7 Å². The molecule has 2 fully saturated rings. The monoisotopic (exact) mass is 352 g/mol. The molecule has 25 heavy (non-hydrogen) atoms. The topological polar surface area (TPSA) is 91.1 Å². The molecule has 3 heterocycles. The summed E-state index contributed by atoms with van der Waals surface area (Å²) in [7, 11) is 0. The highest BCUT2D eigenvalue weighted by Crippen LogP contribution is 2.17. The first-order chi connectivity index (χ1) is 11.9. The van der Waals surface area contributed by atoms with Crippen molar-refractivity contribution >= 4 is 5.91 Å². The van der Waals surface area contributed by atoms with Gasteiger partial charge in [0, 0.05) is 31.9 Å². The van der Waals surface area contributed by atoms with Gasteiger partial charge in [-0.3, -0.25) is 14.4 Å². The van der Waals surface area contributed by atoms with Crippen LogP contribution in [-0.2, 0) is 16.1 Å². The van der Waals surface area contributed by atoms with E-state index in [9.17, 15) is 15.0 Å². The van der Waals surface area contributed by atoms with Crippen LogP contribution in [0.3, 0.4) is 0 Å². The summed E-state index contributed by atoms with van der Waals surface area (Å²) in [6.45, 7) is 9.35. The Hall–Kier alpha value is -1.48. The van der Waals surface area contributed by atoms with E-state index in [1.54, 1.807) is 4.68 Å². The lowest BCUT2D eigenvalue weighted by Gasteiger charge is -2.43. The number of ether oxygens (including phenoxy) is 1. The molecule has 8 heteroatoms. The van der Waals surface area contributed by atoms with Gasteiger partial charge in [0.05, 0.1) is 31.1 Å². The zero-order valence-corrected chi connectivity index (χ0v) is 15.2. The number of aliphatic hydroxyl groups excluding tert-OH is 2. The lowest BCUT2D eigenvalue weighted by atomic mass is 10.0. The number of aryl methyl sites for hydroxylation is 1. The molecule has 0 saturated carbocycles. The summed E-state index contributed by atoms with van der Waals surface area (Å²) >= 11 is 0. The molecule has 2 saturated heterocycles. The van der Waals surface area contributed by atoms with Gasteiger partial charge in [-0.1, -0.05) is 0 Å². The summed E-state index contributed by atoms with van der Waals surface area (Å²) < 4.78 is 7.13. The fourth-order valence-electron chi connectivity index (χ4n) is 3.56. The predicted molar refractivity (Wildman–Crippen MR) is 91.2 cm³/mol. The normalized spacial score (nSPS) is 28.4. The summed E-state index contributed by atoms with van der Waals surface area (Å²) in [5.74, 6) is 0.0609. The van der Waals surface area contributed by atoms with Gasteiger partial charge < -0.3 is 19.8 Å². The molecule has 3 atom stereocenters. The quantitative estimate of drug-likeness (QED) is 0.731. The van der Waals surface area contributed by atoms with E-state index in [2.05, 4.69) is 10.00 Å². The molecule has 0 bridgehead atoms. The molecule has 2 aliphatic rings. The molecule has 0 aliphatic carbocycles. The van der Waals surface area contributed by atoms with Crippen LogP contribution in [0.1, 0.15) is 17.0 Å². The van der Waals surface area contributed by atoms with Crippen molar-refractivity contribution in [1.29, 1.82) is 0 Å². The van der Waals surface area contributed by atoms with Crippen LogP contribution in [0.4, 0.5) is 0 Å². The second kappa shape index (κ2) is 7.41. The lowest BCUT2D eigenvalue weighted by molar-refractivity contribution is -0.145. The van der Waals surface area contributed by atoms with Gasteiger partial charge in [0.25, 0.3) is 0 Å².